The maximum absolute atomic E-state index is 12.5. The van der Waals surface area contributed by atoms with Crippen LogP contribution in [-0.4, -0.2) is 24.8 Å². The molecule has 0 atom stereocenters. The zero-order chi connectivity index (χ0) is 17.5. The molecule has 0 amide bonds. The second-order valence-corrected chi connectivity index (χ2v) is 6.10. The number of pyridine rings is 1. The van der Waals surface area contributed by atoms with E-state index in [1.165, 1.54) is 12.8 Å². The van der Waals surface area contributed by atoms with Crippen molar-refractivity contribution in [3.8, 4) is 17.2 Å². The van der Waals surface area contributed by atoms with Gasteiger partial charge in [0.15, 0.2) is 5.75 Å². The second kappa shape index (κ2) is 8.62. The lowest BCUT2D eigenvalue weighted by molar-refractivity contribution is 0.220. The molecule has 0 fully saturated rings. The fraction of sp³-hybridized carbons (Fsp3) is 0.526. The van der Waals surface area contributed by atoms with Gasteiger partial charge in [-0.1, -0.05) is 26.2 Å². The number of H-pyrrole nitrogens is 1. The van der Waals surface area contributed by atoms with Crippen LogP contribution in [0.3, 0.4) is 0 Å². The Morgan fingerprint density at radius 2 is 1.92 bits per heavy atom. The summed E-state index contributed by atoms with van der Waals surface area (Å²) < 4.78 is 16.9. The molecule has 0 unspecified atom stereocenters. The zero-order valence-corrected chi connectivity index (χ0v) is 15.0. The van der Waals surface area contributed by atoms with E-state index < -0.39 is 0 Å². The van der Waals surface area contributed by atoms with E-state index >= 15 is 0 Å². The summed E-state index contributed by atoms with van der Waals surface area (Å²) >= 11 is 0. The SMILES string of the molecule is CCCCCCOc1c(OC(C)C)c2ccc(OC)cc2[nH]c1=O. The highest BCUT2D eigenvalue weighted by Gasteiger charge is 2.17. The molecule has 0 aliphatic rings. The van der Waals surface area contributed by atoms with E-state index in [-0.39, 0.29) is 17.4 Å². The molecule has 0 radical (unpaired) electrons. The Bertz CT molecular complexity index is 721. The van der Waals surface area contributed by atoms with Crippen molar-refractivity contribution in [3.05, 3.63) is 28.6 Å². The molecule has 5 nitrogen and oxygen atoms in total. The molecule has 2 aromatic rings. The Morgan fingerprint density at radius 3 is 2.58 bits per heavy atom. The fourth-order valence-electron chi connectivity index (χ4n) is 2.54. The van der Waals surface area contributed by atoms with Crippen molar-refractivity contribution in [2.75, 3.05) is 13.7 Å². The Morgan fingerprint density at radius 1 is 1.12 bits per heavy atom. The first kappa shape index (κ1) is 18.2. The van der Waals surface area contributed by atoms with Gasteiger partial charge in [0.1, 0.15) is 5.75 Å². The van der Waals surface area contributed by atoms with Crippen molar-refractivity contribution in [1.29, 1.82) is 0 Å². The van der Waals surface area contributed by atoms with Crippen LogP contribution in [-0.2, 0) is 0 Å². The highest BCUT2D eigenvalue weighted by atomic mass is 16.5. The van der Waals surface area contributed by atoms with E-state index in [2.05, 4.69) is 11.9 Å². The minimum atomic E-state index is -0.276. The van der Waals surface area contributed by atoms with E-state index in [0.29, 0.717) is 23.6 Å². The van der Waals surface area contributed by atoms with Crippen molar-refractivity contribution in [2.45, 2.75) is 52.6 Å². The molecule has 24 heavy (non-hydrogen) atoms. The largest absolute Gasteiger partial charge is 0.497 e. The topological polar surface area (TPSA) is 60.6 Å². The van der Waals surface area contributed by atoms with Crippen molar-refractivity contribution >= 4 is 10.9 Å². The van der Waals surface area contributed by atoms with Crippen LogP contribution >= 0.6 is 0 Å². The summed E-state index contributed by atoms with van der Waals surface area (Å²) in [6.07, 6.45) is 4.31. The zero-order valence-electron chi connectivity index (χ0n) is 15.0. The molecule has 0 aliphatic carbocycles. The first-order chi connectivity index (χ1) is 11.6. The number of ether oxygens (including phenoxy) is 3. The lowest BCUT2D eigenvalue weighted by atomic mass is 10.2. The van der Waals surface area contributed by atoms with Crippen LogP contribution in [0.5, 0.6) is 17.2 Å². The van der Waals surface area contributed by atoms with Gasteiger partial charge in [-0.05, 0) is 32.4 Å². The molecule has 1 heterocycles. The number of methoxy groups -OCH3 is 1. The molecule has 1 aromatic heterocycles. The molecule has 0 spiro atoms. The van der Waals surface area contributed by atoms with Crippen LogP contribution in [0, 0.1) is 0 Å². The third-order valence-corrected chi connectivity index (χ3v) is 3.73. The second-order valence-electron chi connectivity index (χ2n) is 6.10. The molecular formula is C19H27NO4. The smallest absolute Gasteiger partial charge is 0.294 e. The van der Waals surface area contributed by atoms with Crippen LogP contribution < -0.4 is 19.8 Å². The number of aromatic amines is 1. The summed E-state index contributed by atoms with van der Waals surface area (Å²) in [6.45, 7) is 6.54. The molecule has 132 valence electrons. The molecule has 5 heteroatoms. The molecule has 0 bridgehead atoms. The van der Waals surface area contributed by atoms with Gasteiger partial charge in [-0.2, -0.15) is 0 Å². The Labute approximate surface area is 142 Å². The van der Waals surface area contributed by atoms with Gasteiger partial charge in [0.2, 0.25) is 5.75 Å². The molecule has 1 N–H and O–H groups in total. The quantitative estimate of drug-likeness (QED) is 0.696. The van der Waals surface area contributed by atoms with Crippen molar-refractivity contribution in [3.63, 3.8) is 0 Å². The number of hydrogen-bond acceptors (Lipinski definition) is 4. The third-order valence-electron chi connectivity index (χ3n) is 3.73. The van der Waals surface area contributed by atoms with Gasteiger partial charge in [-0.3, -0.25) is 4.79 Å². The maximum Gasteiger partial charge on any atom is 0.294 e. The third kappa shape index (κ3) is 4.43. The predicted octanol–water partition coefficient (Wildman–Crippen LogP) is 4.28. The van der Waals surface area contributed by atoms with Gasteiger partial charge in [0.05, 0.1) is 25.3 Å². The molecule has 1 aromatic carbocycles. The molecule has 2 rings (SSSR count). The maximum atomic E-state index is 12.5. The summed E-state index contributed by atoms with van der Waals surface area (Å²) in [7, 11) is 1.60. The molecule has 0 aliphatic heterocycles. The minimum absolute atomic E-state index is 0.0560. The van der Waals surface area contributed by atoms with Crippen LogP contribution in [0.4, 0.5) is 0 Å². The average Bonchev–Trinajstić information content (AvgIpc) is 2.55. The number of hydrogen-bond donors (Lipinski definition) is 1. The molecule has 0 saturated carbocycles. The molecular weight excluding hydrogens is 306 g/mol. The van der Waals surface area contributed by atoms with Gasteiger partial charge in [0, 0.05) is 11.5 Å². The fourth-order valence-corrected chi connectivity index (χ4v) is 2.54. The first-order valence-electron chi connectivity index (χ1n) is 8.60. The van der Waals surface area contributed by atoms with E-state index in [9.17, 15) is 4.79 Å². The average molecular weight is 333 g/mol. The van der Waals surface area contributed by atoms with Gasteiger partial charge < -0.3 is 19.2 Å². The summed E-state index contributed by atoms with van der Waals surface area (Å²) in [5, 5.41) is 0.813. The summed E-state index contributed by atoms with van der Waals surface area (Å²) in [6, 6.07) is 5.51. The van der Waals surface area contributed by atoms with Gasteiger partial charge >= 0.3 is 0 Å². The van der Waals surface area contributed by atoms with E-state index in [1.807, 2.05) is 26.0 Å². The number of unbranched alkanes of at least 4 members (excludes halogenated alkanes) is 3. The Hall–Kier alpha value is -2.17. The molecule has 0 saturated heterocycles. The standard InChI is InChI=1S/C19H27NO4/c1-5-6-7-8-11-23-18-17(24-13(2)3)15-10-9-14(22-4)12-16(15)20-19(18)21/h9-10,12-13H,5-8,11H2,1-4H3,(H,20,21). The Balaban J connectivity index is 2.37. The lowest BCUT2D eigenvalue weighted by Crippen LogP contribution is -2.16. The van der Waals surface area contributed by atoms with Crippen molar-refractivity contribution < 1.29 is 14.2 Å². The van der Waals surface area contributed by atoms with E-state index in [0.717, 1.165) is 18.2 Å². The minimum Gasteiger partial charge on any atom is -0.497 e. The number of nitrogens with one attached hydrogen (secondary N) is 1. The summed E-state index contributed by atoms with van der Waals surface area (Å²) in [4.78, 5) is 15.3. The van der Waals surface area contributed by atoms with Gasteiger partial charge in [-0.25, -0.2) is 0 Å². The van der Waals surface area contributed by atoms with Crippen LogP contribution in [0.25, 0.3) is 10.9 Å². The monoisotopic (exact) mass is 333 g/mol. The lowest BCUT2D eigenvalue weighted by Gasteiger charge is -2.17. The van der Waals surface area contributed by atoms with Crippen molar-refractivity contribution in [1.82, 2.24) is 4.98 Å². The number of aromatic nitrogens is 1. The highest BCUT2D eigenvalue weighted by Crippen LogP contribution is 2.34. The van der Waals surface area contributed by atoms with Crippen LogP contribution in [0.15, 0.2) is 23.0 Å². The van der Waals surface area contributed by atoms with E-state index in [1.54, 1.807) is 13.2 Å². The summed E-state index contributed by atoms with van der Waals surface area (Å²) in [5.74, 6) is 1.45. The first-order valence-corrected chi connectivity index (χ1v) is 8.60. The van der Waals surface area contributed by atoms with Crippen LogP contribution in [0.1, 0.15) is 46.5 Å². The highest BCUT2D eigenvalue weighted by molar-refractivity contribution is 5.88. The summed E-state index contributed by atoms with van der Waals surface area (Å²) in [5.41, 5.74) is 0.398. The Kier molecular flexibility index (Phi) is 6.53. The van der Waals surface area contributed by atoms with Gasteiger partial charge in [-0.15, -0.1) is 0 Å². The normalized spacial score (nSPS) is 11.0. The van der Waals surface area contributed by atoms with E-state index in [4.69, 9.17) is 14.2 Å². The number of rotatable bonds is 9. The number of fused-ring (bicyclic) bond motifs is 1. The predicted molar refractivity (Wildman–Crippen MR) is 96.5 cm³/mol. The van der Waals surface area contributed by atoms with Gasteiger partial charge in [0.25, 0.3) is 5.56 Å². The van der Waals surface area contributed by atoms with Crippen LogP contribution in [0.2, 0.25) is 0 Å². The van der Waals surface area contributed by atoms with Crippen molar-refractivity contribution in [2.24, 2.45) is 0 Å². The number of benzene rings is 1.